The van der Waals surface area contributed by atoms with Crippen LogP contribution in [0.1, 0.15) is 47.2 Å². The summed E-state index contributed by atoms with van der Waals surface area (Å²) in [6.45, 7) is 7.03. The van der Waals surface area contributed by atoms with Crippen LogP contribution < -0.4 is 20.7 Å². The Kier molecular flexibility index (Phi) is 9.56. The molecule has 13 heteroatoms. The summed E-state index contributed by atoms with van der Waals surface area (Å²) >= 11 is 0. The van der Waals surface area contributed by atoms with Gasteiger partial charge in [0, 0.05) is 18.5 Å². The Morgan fingerprint density at radius 3 is 2.42 bits per heavy atom. The van der Waals surface area contributed by atoms with Crippen molar-refractivity contribution in [1.82, 2.24) is 15.3 Å². The van der Waals surface area contributed by atoms with Crippen molar-refractivity contribution in [3.05, 3.63) is 71.7 Å². The van der Waals surface area contributed by atoms with E-state index in [1.54, 1.807) is 45.2 Å². The van der Waals surface area contributed by atoms with Crippen LogP contribution in [-0.4, -0.2) is 57.4 Å². The van der Waals surface area contributed by atoms with Crippen LogP contribution in [0.15, 0.2) is 59.8 Å². The highest BCUT2D eigenvalue weighted by atomic mass is 32.3. The second kappa shape index (κ2) is 12.7. The highest BCUT2D eigenvalue weighted by Gasteiger charge is 2.26. The van der Waals surface area contributed by atoms with Crippen LogP contribution in [0.2, 0.25) is 0 Å². The van der Waals surface area contributed by atoms with Crippen LogP contribution in [0, 0.1) is 6.92 Å². The Hall–Kier alpha value is -4.36. The van der Waals surface area contributed by atoms with Gasteiger partial charge in [-0.3, -0.25) is 9.59 Å². The summed E-state index contributed by atoms with van der Waals surface area (Å²) in [5.74, 6) is -0.920. The van der Waals surface area contributed by atoms with Gasteiger partial charge < -0.3 is 25.4 Å². The van der Waals surface area contributed by atoms with Crippen molar-refractivity contribution >= 4 is 39.6 Å². The largest absolute Gasteiger partial charge is 0.491 e. The summed E-state index contributed by atoms with van der Waals surface area (Å²) in [6, 6.07) is 10.5. The van der Waals surface area contributed by atoms with Gasteiger partial charge in [0.1, 0.15) is 30.0 Å². The zero-order valence-corrected chi connectivity index (χ0v) is 23.6. The van der Waals surface area contributed by atoms with E-state index in [-0.39, 0.29) is 40.7 Å². The molecule has 1 atom stereocenters. The molecular weight excluding hydrogens is 538 g/mol. The van der Waals surface area contributed by atoms with E-state index < -0.39 is 33.7 Å². The molecule has 0 aliphatic rings. The smallest absolute Gasteiger partial charge is 0.407 e. The quantitative estimate of drug-likeness (QED) is 0.218. The number of aryl methyl sites for hydroxylation is 1. The average Bonchev–Trinajstić information content (AvgIpc) is 2.86. The predicted molar refractivity (Wildman–Crippen MR) is 150 cm³/mol. The monoisotopic (exact) mass is 570 g/mol. The first-order valence-electron chi connectivity index (χ1n) is 12.2. The highest BCUT2D eigenvalue weighted by molar-refractivity contribution is 7.97. The molecule has 3 aromatic rings. The number of amides is 3. The molecule has 40 heavy (non-hydrogen) atoms. The fourth-order valence-corrected chi connectivity index (χ4v) is 3.91. The van der Waals surface area contributed by atoms with E-state index in [0.717, 1.165) is 11.8 Å². The summed E-state index contributed by atoms with van der Waals surface area (Å²) in [5, 5.41) is 7.82. The maximum atomic E-state index is 13.3. The summed E-state index contributed by atoms with van der Waals surface area (Å²) in [7, 11) is -3.36. The summed E-state index contributed by atoms with van der Waals surface area (Å²) in [4.78, 5) is 46.3. The molecule has 0 bridgehead atoms. The number of hydrogen-bond donors (Lipinski definition) is 4. The zero-order chi connectivity index (χ0) is 29.5. The van der Waals surface area contributed by atoms with E-state index in [9.17, 15) is 23.1 Å². The lowest BCUT2D eigenvalue weighted by atomic mass is 10.1. The third kappa shape index (κ3) is 8.85. The van der Waals surface area contributed by atoms with E-state index >= 15 is 0 Å². The minimum absolute atomic E-state index is 0.00311. The number of ether oxygens (including phenoxy) is 2. The molecule has 0 saturated heterocycles. The van der Waals surface area contributed by atoms with Gasteiger partial charge >= 0.3 is 6.09 Å². The second-order valence-electron chi connectivity index (χ2n) is 9.77. The van der Waals surface area contributed by atoms with Crippen LogP contribution in [0.3, 0.4) is 0 Å². The van der Waals surface area contributed by atoms with Crippen LogP contribution in [0.25, 0.3) is 0 Å². The van der Waals surface area contributed by atoms with Crippen molar-refractivity contribution in [2.24, 2.45) is 0 Å². The normalized spacial score (nSPS) is 12.6. The molecule has 1 unspecified atom stereocenters. The van der Waals surface area contributed by atoms with Crippen LogP contribution >= 0.6 is 0 Å². The molecule has 0 radical (unpaired) electrons. The molecule has 0 fully saturated rings. The lowest BCUT2D eigenvalue weighted by molar-refractivity contribution is 0.0519. The average molecular weight is 571 g/mol. The second-order valence-corrected chi connectivity index (χ2v) is 11.8. The number of carbonyl (C=O) groups excluding carboxylic acids is 3. The predicted octanol–water partition coefficient (Wildman–Crippen LogP) is 4.15. The van der Waals surface area contributed by atoms with E-state index in [4.69, 9.17) is 9.47 Å². The van der Waals surface area contributed by atoms with E-state index in [2.05, 4.69) is 25.9 Å². The number of anilines is 2. The van der Waals surface area contributed by atoms with Crippen molar-refractivity contribution in [2.45, 2.75) is 38.2 Å². The number of nitrogens with one attached hydrogen (secondary N) is 3. The van der Waals surface area contributed by atoms with Gasteiger partial charge in [0.15, 0.2) is 10.6 Å². The van der Waals surface area contributed by atoms with Crippen molar-refractivity contribution in [2.75, 3.05) is 30.0 Å². The summed E-state index contributed by atoms with van der Waals surface area (Å²) in [6.07, 6.45) is 3.51. The minimum atomic E-state index is -3.36. The molecule has 12 nitrogen and oxygen atoms in total. The molecule has 3 rings (SSSR count). The number of alkyl carbamates (subject to hydrolysis) is 1. The fourth-order valence-electron chi connectivity index (χ4n) is 3.27. The van der Waals surface area contributed by atoms with Gasteiger partial charge in [0.2, 0.25) is 10.2 Å². The number of nitrogens with zero attached hydrogens (tertiary/aromatic N) is 2. The van der Waals surface area contributed by atoms with Crippen LogP contribution in [0.5, 0.6) is 5.75 Å². The third-order valence-electron chi connectivity index (χ3n) is 5.09. The molecule has 3 amide bonds. The van der Waals surface area contributed by atoms with Crippen LogP contribution in [-0.2, 0) is 19.2 Å². The molecule has 2 heterocycles. The van der Waals surface area contributed by atoms with E-state index in [0.29, 0.717) is 5.82 Å². The first-order valence-corrected chi connectivity index (χ1v) is 14.1. The molecule has 2 aromatic heterocycles. The minimum Gasteiger partial charge on any atom is -0.491 e. The topological polar surface area (TPSA) is 169 Å². The molecule has 0 saturated carbocycles. The van der Waals surface area contributed by atoms with E-state index in [1.807, 2.05) is 6.92 Å². The zero-order valence-electron chi connectivity index (χ0n) is 22.8. The van der Waals surface area contributed by atoms with E-state index in [1.165, 1.54) is 30.5 Å². The number of pyridine rings is 2. The Morgan fingerprint density at radius 2 is 1.77 bits per heavy atom. The molecule has 0 aliphatic carbocycles. The van der Waals surface area contributed by atoms with Crippen molar-refractivity contribution in [3.63, 3.8) is 0 Å². The van der Waals surface area contributed by atoms with Gasteiger partial charge in [0.05, 0.1) is 17.8 Å². The summed E-state index contributed by atoms with van der Waals surface area (Å²) in [5.41, 5.74) is 0.353. The summed E-state index contributed by atoms with van der Waals surface area (Å²) < 4.78 is 33.1. The van der Waals surface area contributed by atoms with Gasteiger partial charge in [-0.2, -0.15) is 4.55 Å². The first kappa shape index (κ1) is 30.2. The number of aromatic nitrogens is 2. The van der Waals surface area contributed by atoms with Gasteiger partial charge in [-0.15, -0.1) is 0 Å². The van der Waals surface area contributed by atoms with Gasteiger partial charge in [-0.1, -0.05) is 10.3 Å². The lowest BCUT2D eigenvalue weighted by Crippen LogP contribution is -2.34. The number of rotatable bonds is 9. The standard InChI is InChI=1S/C27H31N5O7S/c1-17-8-11-22(30-16-17)32-25(34)23-20(7-6-12-28-23)31-24(33)19-10-9-18(40(5,36)37)15-21(19)38-14-13-29-26(35)39-27(2,3)4/h6-12,15-16H,13-14H2,1-5H3,(H3-,29,30,31,32,33,34,35,36,37)/p+1. The van der Waals surface area contributed by atoms with Crippen LogP contribution in [0.4, 0.5) is 16.3 Å². The molecular formula is C27H32N5O7S+. The highest BCUT2D eigenvalue weighted by Crippen LogP contribution is 2.27. The number of hydrogen-bond acceptors (Lipinski definition) is 8. The Balaban J connectivity index is 1.78. The van der Waals surface area contributed by atoms with Gasteiger partial charge in [-0.05, 0) is 63.6 Å². The molecule has 0 aliphatic heterocycles. The first-order chi connectivity index (χ1) is 18.7. The SMILES string of the molecule is Cc1ccc(NC(=O)c2ncccc2NC(=O)c2ccc([S+](C)(=O)O)cc2OCCNC(=O)OC(C)(C)C)nc1. The maximum Gasteiger partial charge on any atom is 0.407 e. The maximum absolute atomic E-state index is 13.3. The molecule has 1 aromatic carbocycles. The van der Waals surface area contributed by atoms with Crippen molar-refractivity contribution in [3.8, 4) is 5.75 Å². The van der Waals surface area contributed by atoms with Gasteiger partial charge in [-0.25, -0.2) is 14.8 Å². The van der Waals surface area contributed by atoms with Gasteiger partial charge in [0.25, 0.3) is 11.8 Å². The Morgan fingerprint density at radius 1 is 1.02 bits per heavy atom. The van der Waals surface area contributed by atoms with Crippen molar-refractivity contribution < 1.29 is 32.6 Å². The molecule has 4 N–H and O–H groups in total. The number of carbonyl (C=O) groups is 3. The third-order valence-corrected chi connectivity index (χ3v) is 6.22. The Labute approximate surface area is 233 Å². The number of benzene rings is 1. The molecule has 212 valence electrons. The lowest BCUT2D eigenvalue weighted by Gasteiger charge is -2.19. The van der Waals surface area contributed by atoms with Crippen molar-refractivity contribution in [1.29, 1.82) is 0 Å². The fraction of sp³-hybridized carbons (Fsp3) is 0.296. The Bertz CT molecular complexity index is 1430. The molecule has 0 spiro atoms.